The highest BCUT2D eigenvalue weighted by atomic mass is 16.5. The summed E-state index contributed by atoms with van der Waals surface area (Å²) < 4.78 is 5.51. The summed E-state index contributed by atoms with van der Waals surface area (Å²) in [5.74, 6) is 0.983. The summed E-state index contributed by atoms with van der Waals surface area (Å²) in [6.45, 7) is 5.03. The molecule has 3 aromatic heterocycles. The van der Waals surface area contributed by atoms with Gasteiger partial charge in [-0.15, -0.1) is 0 Å². The van der Waals surface area contributed by atoms with Gasteiger partial charge in [0.15, 0.2) is 0 Å². The zero-order valence-electron chi connectivity index (χ0n) is 14.4. The third kappa shape index (κ3) is 2.61. The Kier molecular flexibility index (Phi) is 3.79. The fourth-order valence-electron chi connectivity index (χ4n) is 3.60. The van der Waals surface area contributed by atoms with Crippen molar-refractivity contribution in [1.29, 1.82) is 0 Å². The van der Waals surface area contributed by atoms with Gasteiger partial charge in [0.25, 0.3) is 0 Å². The Bertz CT molecular complexity index is 938. The molecule has 0 aromatic carbocycles. The van der Waals surface area contributed by atoms with Crippen LogP contribution in [0.4, 0.5) is 11.5 Å². The molecular formula is C19H20N6O. The van der Waals surface area contributed by atoms with Crippen LogP contribution in [0, 0.1) is 0 Å². The number of nitrogens with zero attached hydrogens (tertiary/aromatic N) is 5. The zero-order valence-corrected chi connectivity index (χ0v) is 14.4. The van der Waals surface area contributed by atoms with Gasteiger partial charge in [0.2, 0.25) is 0 Å². The van der Waals surface area contributed by atoms with Gasteiger partial charge in [-0.3, -0.25) is 10.1 Å². The zero-order chi connectivity index (χ0) is 17.3. The lowest BCUT2D eigenvalue weighted by atomic mass is 10.1. The molecule has 7 heteroatoms. The van der Waals surface area contributed by atoms with Crippen molar-refractivity contribution < 1.29 is 4.74 Å². The highest BCUT2D eigenvalue weighted by Crippen LogP contribution is 2.34. The molecule has 26 heavy (non-hydrogen) atoms. The second-order valence-electron chi connectivity index (χ2n) is 6.50. The maximum Gasteiger partial charge on any atom is 0.131 e. The van der Waals surface area contributed by atoms with Crippen LogP contribution in [0.5, 0.6) is 0 Å². The van der Waals surface area contributed by atoms with Crippen LogP contribution in [0.1, 0.15) is 0 Å². The molecule has 0 spiro atoms. The van der Waals surface area contributed by atoms with Crippen molar-refractivity contribution in [1.82, 2.24) is 20.2 Å². The van der Waals surface area contributed by atoms with E-state index in [9.17, 15) is 0 Å². The second-order valence-corrected chi connectivity index (χ2v) is 6.50. The van der Waals surface area contributed by atoms with Crippen LogP contribution in [-0.4, -0.2) is 59.6 Å². The van der Waals surface area contributed by atoms with E-state index in [0.717, 1.165) is 67.5 Å². The number of morpholine rings is 1. The molecule has 7 nitrogen and oxygen atoms in total. The maximum atomic E-state index is 5.51. The Hall–Kier alpha value is -2.93. The van der Waals surface area contributed by atoms with Crippen LogP contribution in [0.15, 0.2) is 42.7 Å². The number of H-pyrrole nitrogens is 1. The van der Waals surface area contributed by atoms with Crippen molar-refractivity contribution >= 4 is 22.4 Å². The average molecular weight is 348 g/mol. The lowest BCUT2D eigenvalue weighted by molar-refractivity contribution is 0.122. The molecule has 1 fully saturated rings. The molecule has 5 rings (SSSR count). The smallest absolute Gasteiger partial charge is 0.131 e. The molecule has 2 aliphatic heterocycles. The first-order valence-corrected chi connectivity index (χ1v) is 8.92. The molecule has 0 aliphatic carbocycles. The van der Waals surface area contributed by atoms with E-state index in [0.29, 0.717) is 0 Å². The van der Waals surface area contributed by atoms with Crippen molar-refractivity contribution in [2.75, 3.05) is 49.2 Å². The minimum absolute atomic E-state index is 0.737. The topological polar surface area (TPSA) is 70.2 Å². The summed E-state index contributed by atoms with van der Waals surface area (Å²) in [5, 5.41) is 8.21. The van der Waals surface area contributed by atoms with E-state index in [2.05, 4.69) is 49.3 Å². The van der Waals surface area contributed by atoms with Crippen LogP contribution in [-0.2, 0) is 4.74 Å². The molecule has 3 aromatic rings. The fraction of sp³-hybridized carbons (Fsp3) is 0.316. The quantitative estimate of drug-likeness (QED) is 0.732. The summed E-state index contributed by atoms with van der Waals surface area (Å²) in [5.41, 5.74) is 3.82. The third-order valence-corrected chi connectivity index (χ3v) is 4.94. The predicted molar refractivity (Wildman–Crippen MR) is 102 cm³/mol. The van der Waals surface area contributed by atoms with Gasteiger partial charge in [-0.25, -0.2) is 4.98 Å². The Balaban J connectivity index is 1.71. The SMILES string of the molecule is C1=CCN(c2cc(N3CCOCC3)nc3c(-c4ccn[nH]4)nccc23)C1. The molecule has 5 heterocycles. The van der Waals surface area contributed by atoms with Gasteiger partial charge < -0.3 is 14.5 Å². The van der Waals surface area contributed by atoms with E-state index >= 15 is 0 Å². The van der Waals surface area contributed by atoms with E-state index < -0.39 is 0 Å². The van der Waals surface area contributed by atoms with Gasteiger partial charge >= 0.3 is 0 Å². The average Bonchev–Trinajstić information content (AvgIpc) is 3.41. The summed E-state index contributed by atoms with van der Waals surface area (Å²) >= 11 is 0. The summed E-state index contributed by atoms with van der Waals surface area (Å²) in [7, 11) is 0. The molecule has 132 valence electrons. The minimum atomic E-state index is 0.737. The van der Waals surface area contributed by atoms with Gasteiger partial charge in [-0.05, 0) is 12.1 Å². The molecule has 0 amide bonds. The molecular weight excluding hydrogens is 328 g/mol. The van der Waals surface area contributed by atoms with Crippen LogP contribution >= 0.6 is 0 Å². The monoisotopic (exact) mass is 348 g/mol. The van der Waals surface area contributed by atoms with Gasteiger partial charge in [0.1, 0.15) is 17.0 Å². The largest absolute Gasteiger partial charge is 0.378 e. The predicted octanol–water partition coefficient (Wildman–Crippen LogP) is 2.23. The van der Waals surface area contributed by atoms with Gasteiger partial charge in [0, 0.05) is 50.0 Å². The van der Waals surface area contributed by atoms with E-state index in [4.69, 9.17) is 9.72 Å². The molecule has 0 radical (unpaired) electrons. The number of fused-ring (bicyclic) bond motifs is 1. The summed E-state index contributed by atoms with van der Waals surface area (Å²) in [6, 6.07) is 6.19. The number of nitrogens with one attached hydrogen (secondary N) is 1. The van der Waals surface area contributed by atoms with Crippen molar-refractivity contribution in [2.24, 2.45) is 0 Å². The summed E-state index contributed by atoms with van der Waals surface area (Å²) in [6.07, 6.45) is 8.00. The maximum absolute atomic E-state index is 5.51. The fourth-order valence-corrected chi connectivity index (χ4v) is 3.60. The van der Waals surface area contributed by atoms with Gasteiger partial charge in [-0.1, -0.05) is 12.2 Å². The first kappa shape index (κ1) is 15.3. The Morgan fingerprint density at radius 1 is 1.00 bits per heavy atom. The van der Waals surface area contributed by atoms with Gasteiger partial charge in [0.05, 0.1) is 24.6 Å². The number of aromatic nitrogens is 4. The second kappa shape index (κ2) is 6.42. The highest BCUT2D eigenvalue weighted by Gasteiger charge is 2.20. The molecule has 0 atom stereocenters. The standard InChI is InChI=1S/C19H20N6O/c1-2-8-24(7-1)16-13-17(25-9-11-26-12-10-25)22-18-14(16)3-5-20-19(18)15-4-6-21-23-15/h1-6,13H,7-12H2,(H,21,23). The minimum Gasteiger partial charge on any atom is -0.378 e. The lowest BCUT2D eigenvalue weighted by Crippen LogP contribution is -2.37. The first-order valence-electron chi connectivity index (χ1n) is 8.92. The van der Waals surface area contributed by atoms with Gasteiger partial charge in [-0.2, -0.15) is 5.10 Å². The lowest BCUT2D eigenvalue weighted by Gasteiger charge is -2.30. The number of hydrogen-bond donors (Lipinski definition) is 1. The highest BCUT2D eigenvalue weighted by molar-refractivity contribution is 6.00. The molecule has 1 N–H and O–H groups in total. The number of hydrogen-bond acceptors (Lipinski definition) is 6. The third-order valence-electron chi connectivity index (χ3n) is 4.94. The molecule has 0 saturated carbocycles. The van der Waals surface area contributed by atoms with Crippen molar-refractivity contribution in [3.8, 4) is 11.4 Å². The van der Waals surface area contributed by atoms with Crippen LogP contribution in [0.3, 0.4) is 0 Å². The Labute approximate surface area is 151 Å². The van der Waals surface area contributed by atoms with Crippen LogP contribution < -0.4 is 9.80 Å². The first-order chi connectivity index (χ1) is 12.9. The van der Waals surface area contributed by atoms with E-state index in [-0.39, 0.29) is 0 Å². The van der Waals surface area contributed by atoms with Crippen LogP contribution in [0.25, 0.3) is 22.3 Å². The number of aromatic amines is 1. The molecule has 0 bridgehead atoms. The van der Waals surface area contributed by atoms with Crippen molar-refractivity contribution in [3.05, 3.63) is 42.7 Å². The number of pyridine rings is 2. The number of ether oxygens (including phenoxy) is 1. The molecule has 0 unspecified atom stereocenters. The molecule has 2 aliphatic rings. The normalized spacial score (nSPS) is 17.4. The number of rotatable bonds is 3. The summed E-state index contributed by atoms with van der Waals surface area (Å²) in [4.78, 5) is 14.2. The van der Waals surface area contributed by atoms with Crippen molar-refractivity contribution in [3.63, 3.8) is 0 Å². The van der Waals surface area contributed by atoms with E-state index in [1.165, 1.54) is 5.69 Å². The Morgan fingerprint density at radius 3 is 2.62 bits per heavy atom. The van der Waals surface area contributed by atoms with Crippen molar-refractivity contribution in [2.45, 2.75) is 0 Å². The van der Waals surface area contributed by atoms with E-state index in [1.54, 1.807) is 6.20 Å². The Morgan fingerprint density at radius 2 is 1.85 bits per heavy atom. The molecule has 1 saturated heterocycles. The number of anilines is 2. The van der Waals surface area contributed by atoms with E-state index in [1.807, 2.05) is 12.3 Å². The van der Waals surface area contributed by atoms with Crippen LogP contribution in [0.2, 0.25) is 0 Å².